The highest BCUT2D eigenvalue weighted by Crippen LogP contribution is 2.31. The maximum atomic E-state index is 5.13. The van der Waals surface area contributed by atoms with Crippen LogP contribution in [-0.4, -0.2) is 7.05 Å². The van der Waals surface area contributed by atoms with Crippen LogP contribution in [0.25, 0.3) is 10.1 Å². The molecule has 0 fully saturated rings. The molecule has 2 aromatic heterocycles. The van der Waals surface area contributed by atoms with Crippen LogP contribution in [-0.2, 0) is 6.42 Å². The zero-order chi connectivity index (χ0) is 12.4. The van der Waals surface area contributed by atoms with Gasteiger partial charge in [-0.05, 0) is 42.6 Å². The number of benzene rings is 1. The first-order valence-corrected chi connectivity index (χ1v) is 6.85. The molecule has 0 radical (unpaired) electrons. The van der Waals surface area contributed by atoms with Gasteiger partial charge < -0.3 is 9.73 Å². The number of rotatable bonds is 4. The van der Waals surface area contributed by atoms with Crippen LogP contribution in [0.3, 0.4) is 0 Å². The fourth-order valence-corrected chi connectivity index (χ4v) is 3.34. The molecule has 2 nitrogen and oxygen atoms in total. The Labute approximate surface area is 110 Å². The van der Waals surface area contributed by atoms with E-state index in [1.54, 1.807) is 6.26 Å². The van der Waals surface area contributed by atoms with E-state index in [2.05, 4.69) is 35.6 Å². The number of fused-ring (bicyclic) bond motifs is 1. The maximum Gasteiger partial charge on any atom is 0.0935 e. The van der Waals surface area contributed by atoms with E-state index in [0.29, 0.717) is 6.04 Å². The molecular weight excluding hydrogens is 242 g/mol. The summed E-state index contributed by atoms with van der Waals surface area (Å²) in [6, 6.07) is 13.2. The fraction of sp³-hybridized carbons (Fsp3) is 0.200. The van der Waals surface area contributed by atoms with Crippen LogP contribution >= 0.6 is 11.3 Å². The summed E-state index contributed by atoms with van der Waals surface area (Å²) < 4.78 is 6.48. The molecule has 1 atom stereocenters. The summed E-state index contributed by atoms with van der Waals surface area (Å²) in [6.07, 6.45) is 4.50. The molecule has 0 spiro atoms. The Morgan fingerprint density at radius 3 is 2.89 bits per heavy atom. The Balaban J connectivity index is 1.90. The van der Waals surface area contributed by atoms with Gasteiger partial charge in [-0.3, -0.25) is 0 Å². The molecule has 0 aliphatic rings. The zero-order valence-electron chi connectivity index (χ0n) is 10.2. The molecular formula is C15H15NOS. The molecule has 1 aromatic carbocycles. The second kappa shape index (κ2) is 4.96. The summed E-state index contributed by atoms with van der Waals surface area (Å²) in [5.41, 5.74) is 1.23. The highest BCUT2D eigenvalue weighted by molar-refractivity contribution is 7.19. The third-order valence-electron chi connectivity index (χ3n) is 3.16. The van der Waals surface area contributed by atoms with Gasteiger partial charge in [-0.15, -0.1) is 11.3 Å². The highest BCUT2D eigenvalue weighted by atomic mass is 32.1. The molecule has 3 aromatic rings. The van der Waals surface area contributed by atoms with Crippen LogP contribution in [0.5, 0.6) is 0 Å². The Hall–Kier alpha value is -1.58. The number of likely N-dealkylation sites (N-methyl/N-ethyl adjacent to an activating group) is 1. The minimum atomic E-state index is 0.347. The van der Waals surface area contributed by atoms with E-state index >= 15 is 0 Å². The quantitative estimate of drug-likeness (QED) is 0.764. The number of furan rings is 1. The average Bonchev–Trinajstić information content (AvgIpc) is 3.04. The number of thiophene rings is 1. The Morgan fingerprint density at radius 1 is 1.28 bits per heavy atom. The normalized spacial score (nSPS) is 12.9. The van der Waals surface area contributed by atoms with Gasteiger partial charge in [0, 0.05) is 15.6 Å². The van der Waals surface area contributed by atoms with Gasteiger partial charge in [0.2, 0.25) is 0 Å². The topological polar surface area (TPSA) is 25.2 Å². The van der Waals surface area contributed by atoms with Crippen molar-refractivity contribution in [2.24, 2.45) is 0 Å². The van der Waals surface area contributed by atoms with Crippen LogP contribution in [0, 0.1) is 0 Å². The molecule has 0 saturated carbocycles. The summed E-state index contributed by atoms with van der Waals surface area (Å²) >= 11 is 1.86. The molecule has 0 amide bonds. The number of nitrogens with one attached hydrogen (secondary N) is 1. The van der Waals surface area contributed by atoms with Crippen molar-refractivity contribution in [1.82, 2.24) is 5.32 Å². The van der Waals surface area contributed by atoms with E-state index < -0.39 is 0 Å². The molecule has 3 heteroatoms. The van der Waals surface area contributed by atoms with Crippen molar-refractivity contribution in [1.29, 1.82) is 0 Å². The van der Waals surface area contributed by atoms with Crippen molar-refractivity contribution >= 4 is 21.4 Å². The van der Waals surface area contributed by atoms with E-state index in [1.807, 2.05) is 30.7 Å². The second-order valence-corrected chi connectivity index (χ2v) is 5.48. The van der Waals surface area contributed by atoms with E-state index in [4.69, 9.17) is 4.42 Å². The van der Waals surface area contributed by atoms with E-state index in [-0.39, 0.29) is 0 Å². The lowest BCUT2D eigenvalue weighted by Gasteiger charge is -2.12. The standard InChI is InChI=1S/C15H15NOS/c1-16-13(8-11-6-7-17-10-11)15-9-12-4-2-3-5-14(12)18-15/h2-7,9-10,13,16H,8H2,1H3. The minimum Gasteiger partial charge on any atom is -0.472 e. The molecule has 3 rings (SSSR count). The van der Waals surface area contributed by atoms with Gasteiger partial charge in [-0.2, -0.15) is 0 Å². The van der Waals surface area contributed by atoms with E-state index in [0.717, 1.165) is 6.42 Å². The summed E-state index contributed by atoms with van der Waals surface area (Å²) in [4.78, 5) is 1.37. The van der Waals surface area contributed by atoms with Crippen molar-refractivity contribution in [3.63, 3.8) is 0 Å². The van der Waals surface area contributed by atoms with Gasteiger partial charge in [0.1, 0.15) is 0 Å². The number of hydrogen-bond donors (Lipinski definition) is 1. The van der Waals surface area contributed by atoms with Crippen LogP contribution in [0.15, 0.2) is 53.3 Å². The van der Waals surface area contributed by atoms with Gasteiger partial charge in [0.15, 0.2) is 0 Å². The largest absolute Gasteiger partial charge is 0.472 e. The SMILES string of the molecule is CNC(Cc1ccoc1)c1cc2ccccc2s1. The molecule has 2 heterocycles. The van der Waals surface area contributed by atoms with E-state index in [1.165, 1.54) is 20.5 Å². The summed E-state index contributed by atoms with van der Waals surface area (Å²) in [5.74, 6) is 0. The molecule has 92 valence electrons. The third-order valence-corrected chi connectivity index (χ3v) is 4.39. The van der Waals surface area contributed by atoms with Gasteiger partial charge in [0.25, 0.3) is 0 Å². The van der Waals surface area contributed by atoms with Crippen LogP contribution in [0.4, 0.5) is 0 Å². The Morgan fingerprint density at radius 2 is 2.17 bits per heavy atom. The van der Waals surface area contributed by atoms with Crippen LogP contribution in [0.2, 0.25) is 0 Å². The molecule has 18 heavy (non-hydrogen) atoms. The number of hydrogen-bond acceptors (Lipinski definition) is 3. The summed E-state index contributed by atoms with van der Waals surface area (Å²) in [5, 5.41) is 4.71. The maximum absolute atomic E-state index is 5.13. The van der Waals surface area contributed by atoms with Gasteiger partial charge in [-0.25, -0.2) is 0 Å². The van der Waals surface area contributed by atoms with Crippen LogP contribution in [0.1, 0.15) is 16.5 Å². The molecule has 0 bridgehead atoms. The van der Waals surface area contributed by atoms with Crippen molar-refractivity contribution in [2.75, 3.05) is 7.05 Å². The first-order valence-electron chi connectivity index (χ1n) is 6.03. The highest BCUT2D eigenvalue weighted by Gasteiger charge is 2.13. The fourth-order valence-electron chi connectivity index (χ4n) is 2.16. The third kappa shape index (κ3) is 2.19. The van der Waals surface area contributed by atoms with Crippen molar-refractivity contribution in [3.8, 4) is 0 Å². The Bertz CT molecular complexity index is 594. The summed E-state index contributed by atoms with van der Waals surface area (Å²) in [6.45, 7) is 0. The first-order chi connectivity index (χ1) is 8.86. The van der Waals surface area contributed by atoms with Crippen molar-refractivity contribution in [3.05, 3.63) is 59.4 Å². The minimum absolute atomic E-state index is 0.347. The average molecular weight is 257 g/mol. The smallest absolute Gasteiger partial charge is 0.0935 e. The zero-order valence-corrected chi connectivity index (χ0v) is 11.0. The van der Waals surface area contributed by atoms with E-state index in [9.17, 15) is 0 Å². The van der Waals surface area contributed by atoms with Gasteiger partial charge in [0.05, 0.1) is 12.5 Å². The van der Waals surface area contributed by atoms with Gasteiger partial charge in [-0.1, -0.05) is 18.2 Å². The molecule has 1 unspecified atom stereocenters. The van der Waals surface area contributed by atoms with Crippen LogP contribution < -0.4 is 5.32 Å². The lowest BCUT2D eigenvalue weighted by atomic mass is 10.1. The van der Waals surface area contributed by atoms with Gasteiger partial charge >= 0.3 is 0 Å². The lowest BCUT2D eigenvalue weighted by molar-refractivity contribution is 0.554. The lowest BCUT2D eigenvalue weighted by Crippen LogP contribution is -2.17. The van der Waals surface area contributed by atoms with Crippen molar-refractivity contribution in [2.45, 2.75) is 12.5 Å². The predicted molar refractivity (Wildman–Crippen MR) is 76.0 cm³/mol. The first kappa shape index (κ1) is 11.5. The molecule has 1 N–H and O–H groups in total. The van der Waals surface area contributed by atoms with Crippen molar-refractivity contribution < 1.29 is 4.42 Å². The monoisotopic (exact) mass is 257 g/mol. The summed E-state index contributed by atoms with van der Waals surface area (Å²) in [7, 11) is 2.01. The predicted octanol–water partition coefficient (Wildman–Crippen LogP) is 4.00. The second-order valence-electron chi connectivity index (χ2n) is 4.36. The molecule has 0 aliphatic carbocycles. The Kier molecular flexibility index (Phi) is 3.17. The molecule has 0 aliphatic heterocycles. The molecule has 0 saturated heterocycles.